The van der Waals surface area contributed by atoms with E-state index in [0.29, 0.717) is 36.4 Å². The van der Waals surface area contributed by atoms with Crippen LogP contribution in [-0.2, 0) is 25.7 Å². The fraction of sp³-hybridized carbons (Fsp3) is 0.750. The third kappa shape index (κ3) is 6.02. The van der Waals surface area contributed by atoms with Gasteiger partial charge in [-0.2, -0.15) is 0 Å². The Morgan fingerprint density at radius 1 is 0.962 bits per heavy atom. The van der Waals surface area contributed by atoms with Gasteiger partial charge in [0.2, 0.25) is 0 Å². The monoisotopic (exact) mass is 737 g/mol. The second-order valence-electron chi connectivity index (χ2n) is 19.8. The molecule has 8 heteroatoms. The van der Waals surface area contributed by atoms with Crippen LogP contribution in [0.1, 0.15) is 132 Å². The molecule has 9 atom stereocenters. The van der Waals surface area contributed by atoms with Crippen molar-refractivity contribution in [3.05, 3.63) is 46.0 Å². The number of aliphatic carboxylic acids is 1. The zero-order valence-corrected chi connectivity index (χ0v) is 33.9. The van der Waals surface area contributed by atoms with E-state index in [0.717, 1.165) is 62.5 Å². The van der Waals surface area contributed by atoms with Gasteiger partial charge in [0.15, 0.2) is 5.78 Å². The summed E-state index contributed by atoms with van der Waals surface area (Å²) in [5, 5.41) is 26.0. The number of carboxylic acid groups (broad SMARTS) is 1. The lowest BCUT2D eigenvalue weighted by atomic mass is 9.33. The molecule has 3 N–H and O–H groups in total. The lowest BCUT2D eigenvalue weighted by Crippen LogP contribution is -2.66. The lowest BCUT2D eigenvalue weighted by molar-refractivity contribution is -0.235. The van der Waals surface area contributed by atoms with Crippen molar-refractivity contribution in [1.82, 2.24) is 5.32 Å². The summed E-state index contributed by atoms with van der Waals surface area (Å²) < 4.78 is 6.16. The molecule has 7 nitrogen and oxygen atoms in total. The van der Waals surface area contributed by atoms with Crippen molar-refractivity contribution in [3.8, 4) is 0 Å². The number of carbonyl (C=O) groups is 3. The van der Waals surface area contributed by atoms with Gasteiger partial charge in [0.05, 0.1) is 17.9 Å². The number of carboxylic acids is 1. The van der Waals surface area contributed by atoms with Crippen LogP contribution >= 0.6 is 11.6 Å². The molecule has 0 aliphatic heterocycles. The second-order valence-corrected chi connectivity index (χ2v) is 20.2. The van der Waals surface area contributed by atoms with Crippen molar-refractivity contribution in [2.45, 2.75) is 145 Å². The largest absolute Gasteiger partial charge is 0.481 e. The molecule has 4 saturated carbocycles. The number of esters is 1. The summed E-state index contributed by atoms with van der Waals surface area (Å²) in [6, 6.07) is 7.79. The van der Waals surface area contributed by atoms with Crippen molar-refractivity contribution in [2.24, 2.45) is 56.2 Å². The van der Waals surface area contributed by atoms with Gasteiger partial charge in [0.1, 0.15) is 6.10 Å². The first-order valence-electron chi connectivity index (χ1n) is 20.0. The number of hydrogen-bond acceptors (Lipinski definition) is 6. The Balaban J connectivity index is 1.26. The average molecular weight is 738 g/mol. The van der Waals surface area contributed by atoms with Gasteiger partial charge in [0.25, 0.3) is 0 Å². The summed E-state index contributed by atoms with van der Waals surface area (Å²) in [5.41, 5.74) is 1.39. The SMILES string of the molecule is CC(C)C1=C2[C@H]3CC[C@@H]4[C@@]5(C)CC[C@H](OC(=O)CC(C)(C)C(=O)O)C(C)(C)[C@@H]5CC[C@@]4(C)[C@]3(C)CC[C@]2([C@H](O)CNCc2ccccc2Cl)CC1=O. The molecule has 4 fully saturated rings. The summed E-state index contributed by atoms with van der Waals surface area (Å²) in [6.45, 7) is 20.6. The first-order chi connectivity index (χ1) is 24.2. The quantitative estimate of drug-likeness (QED) is 0.205. The minimum absolute atomic E-state index is 0.0198. The fourth-order valence-electron chi connectivity index (χ4n) is 13.1. The molecular formula is C44H64ClNO6. The number of benzene rings is 1. The number of aliphatic hydroxyl groups excluding tert-OH is 1. The van der Waals surface area contributed by atoms with E-state index in [2.05, 4.69) is 53.8 Å². The number of carbonyl (C=O) groups excluding carboxylic acids is 2. The molecule has 5 aliphatic carbocycles. The van der Waals surface area contributed by atoms with Crippen molar-refractivity contribution in [2.75, 3.05) is 6.54 Å². The van der Waals surface area contributed by atoms with E-state index in [-0.39, 0.29) is 51.8 Å². The van der Waals surface area contributed by atoms with Crippen LogP contribution in [-0.4, -0.2) is 46.7 Å². The maximum absolute atomic E-state index is 14.0. The molecule has 6 rings (SSSR count). The van der Waals surface area contributed by atoms with Crippen LogP contribution in [0.4, 0.5) is 0 Å². The van der Waals surface area contributed by atoms with Crippen LogP contribution in [0.3, 0.4) is 0 Å². The molecule has 52 heavy (non-hydrogen) atoms. The van der Waals surface area contributed by atoms with Crippen LogP contribution in [0, 0.1) is 56.2 Å². The summed E-state index contributed by atoms with van der Waals surface area (Å²) in [6.07, 6.45) is 7.11. The van der Waals surface area contributed by atoms with Crippen molar-refractivity contribution >= 4 is 29.3 Å². The molecule has 0 aromatic heterocycles. The Kier molecular flexibility index (Phi) is 10.3. The van der Waals surface area contributed by atoms with Gasteiger partial charge >= 0.3 is 11.9 Å². The van der Waals surface area contributed by atoms with Gasteiger partial charge < -0.3 is 20.3 Å². The zero-order chi connectivity index (χ0) is 38.2. The summed E-state index contributed by atoms with van der Waals surface area (Å²) in [7, 11) is 0. The Bertz CT molecular complexity index is 1630. The maximum atomic E-state index is 14.0. The number of ether oxygens (including phenoxy) is 1. The Hall–Kier alpha value is -2.22. The van der Waals surface area contributed by atoms with Crippen molar-refractivity contribution in [3.63, 3.8) is 0 Å². The van der Waals surface area contributed by atoms with E-state index in [1.807, 2.05) is 24.3 Å². The number of hydrogen-bond donors (Lipinski definition) is 3. The first-order valence-corrected chi connectivity index (χ1v) is 20.4. The normalized spacial score (nSPS) is 37.5. The maximum Gasteiger partial charge on any atom is 0.309 e. The smallest absolute Gasteiger partial charge is 0.309 e. The van der Waals surface area contributed by atoms with Crippen molar-refractivity contribution in [1.29, 1.82) is 0 Å². The van der Waals surface area contributed by atoms with E-state index >= 15 is 0 Å². The van der Waals surface area contributed by atoms with E-state index < -0.39 is 28.9 Å². The molecule has 0 spiro atoms. The number of aliphatic hydroxyl groups is 1. The van der Waals surface area contributed by atoms with Crippen LogP contribution in [0.2, 0.25) is 5.02 Å². The number of Topliss-reactive ketones (excluding diaryl/α,β-unsaturated/α-hetero) is 1. The number of ketones is 1. The summed E-state index contributed by atoms with van der Waals surface area (Å²) in [5.74, 6) is 0.00892. The topological polar surface area (TPSA) is 113 Å². The Morgan fingerprint density at radius 2 is 1.65 bits per heavy atom. The van der Waals surface area contributed by atoms with E-state index in [9.17, 15) is 24.6 Å². The second kappa shape index (κ2) is 13.5. The van der Waals surface area contributed by atoms with Gasteiger partial charge in [-0.15, -0.1) is 0 Å². The van der Waals surface area contributed by atoms with E-state index in [4.69, 9.17) is 16.3 Å². The Labute approximate surface area is 317 Å². The highest BCUT2D eigenvalue weighted by Gasteiger charge is 2.70. The molecule has 0 saturated heterocycles. The first kappa shape index (κ1) is 39.5. The molecule has 1 aromatic rings. The predicted octanol–water partition coefficient (Wildman–Crippen LogP) is 9.18. The highest BCUT2D eigenvalue weighted by Crippen LogP contribution is 2.77. The third-order valence-corrected chi connectivity index (χ3v) is 16.5. The molecule has 0 amide bonds. The van der Waals surface area contributed by atoms with Crippen molar-refractivity contribution < 1.29 is 29.3 Å². The van der Waals surface area contributed by atoms with E-state index in [1.165, 1.54) is 5.57 Å². The summed E-state index contributed by atoms with van der Waals surface area (Å²) in [4.78, 5) is 38.9. The molecule has 288 valence electrons. The van der Waals surface area contributed by atoms with Crippen LogP contribution < -0.4 is 5.32 Å². The van der Waals surface area contributed by atoms with Crippen LogP contribution in [0.15, 0.2) is 35.4 Å². The van der Waals surface area contributed by atoms with Gasteiger partial charge in [-0.25, -0.2) is 0 Å². The minimum Gasteiger partial charge on any atom is -0.481 e. The predicted molar refractivity (Wildman–Crippen MR) is 205 cm³/mol. The number of allylic oxidation sites excluding steroid dienone is 1. The standard InChI is InChI=1S/C44H64ClNO6/c1-26(2)36-30(47)22-44(33(48)25-46-24-27-12-10-11-13-29(27)45)21-20-42(8)28(37(36)44)14-15-32-41(7)18-17-34(52-35(49)23-39(3,4)38(50)51)40(5,6)31(41)16-19-43(32,42)9/h10-13,26,28,31-34,46,48H,14-25H2,1-9H3,(H,50,51)/t28-,31+,32-,33-,34+,41+,42-,43-,44-/m1/s1. The van der Waals surface area contributed by atoms with Gasteiger partial charge in [-0.3, -0.25) is 14.4 Å². The highest BCUT2D eigenvalue weighted by atomic mass is 35.5. The average Bonchev–Trinajstić information content (AvgIpc) is 3.36. The summed E-state index contributed by atoms with van der Waals surface area (Å²) >= 11 is 6.44. The molecule has 0 radical (unpaired) electrons. The number of fused-ring (bicyclic) bond motifs is 7. The number of rotatable bonds is 10. The van der Waals surface area contributed by atoms with E-state index in [1.54, 1.807) is 13.8 Å². The fourth-order valence-corrected chi connectivity index (χ4v) is 13.3. The van der Waals surface area contributed by atoms with Gasteiger partial charge in [0, 0.05) is 35.4 Å². The Morgan fingerprint density at radius 3 is 2.31 bits per heavy atom. The zero-order valence-electron chi connectivity index (χ0n) is 33.2. The van der Waals surface area contributed by atoms with Crippen LogP contribution in [0.5, 0.6) is 0 Å². The molecule has 0 unspecified atom stereocenters. The third-order valence-electron chi connectivity index (χ3n) is 16.1. The van der Waals surface area contributed by atoms with Gasteiger partial charge in [-0.05, 0) is 122 Å². The lowest BCUT2D eigenvalue weighted by Gasteiger charge is -2.72. The molecule has 0 heterocycles. The minimum atomic E-state index is -1.17. The number of halogens is 1. The molecular weight excluding hydrogens is 674 g/mol. The highest BCUT2D eigenvalue weighted by molar-refractivity contribution is 6.31. The molecule has 5 aliphatic rings. The van der Waals surface area contributed by atoms with Crippen LogP contribution in [0.25, 0.3) is 0 Å². The molecule has 0 bridgehead atoms. The van der Waals surface area contributed by atoms with Gasteiger partial charge in [-0.1, -0.05) is 83.8 Å². The molecule has 1 aromatic carbocycles. The number of nitrogens with one attached hydrogen (secondary N) is 1.